The number of aryl methyl sites for hydroxylation is 1. The highest BCUT2D eigenvalue weighted by Gasteiger charge is 2.08. The number of hydrogen-bond donors (Lipinski definition) is 2. The summed E-state index contributed by atoms with van der Waals surface area (Å²) in [5.41, 5.74) is 3.40. The standard InChI is InChI=1S/C17H18ClN3O/c1-3-13-9-15(19-2)16(10-14(13)18)21-17(22)7-6-12-5-4-8-20-11-12/h4-11,19H,3H2,1-2H3,(H,21,22)/b7-6+. The zero-order valence-corrected chi connectivity index (χ0v) is 13.3. The third-order valence-corrected chi connectivity index (χ3v) is 3.56. The molecule has 1 aromatic carbocycles. The molecular weight excluding hydrogens is 298 g/mol. The molecular formula is C17H18ClN3O. The Hall–Kier alpha value is -2.33. The lowest BCUT2D eigenvalue weighted by molar-refractivity contribution is -0.111. The Balaban J connectivity index is 2.14. The van der Waals surface area contributed by atoms with Crippen LogP contribution in [0.25, 0.3) is 6.08 Å². The van der Waals surface area contributed by atoms with Crippen molar-refractivity contribution in [3.63, 3.8) is 0 Å². The van der Waals surface area contributed by atoms with Gasteiger partial charge in [0.1, 0.15) is 0 Å². The summed E-state index contributed by atoms with van der Waals surface area (Å²) in [5, 5.41) is 6.55. The summed E-state index contributed by atoms with van der Waals surface area (Å²) in [7, 11) is 1.81. The lowest BCUT2D eigenvalue weighted by Crippen LogP contribution is -2.10. The van der Waals surface area contributed by atoms with E-state index in [4.69, 9.17) is 11.6 Å². The van der Waals surface area contributed by atoms with E-state index in [1.165, 1.54) is 6.08 Å². The number of carbonyl (C=O) groups excluding carboxylic acids is 1. The number of amides is 1. The van der Waals surface area contributed by atoms with Crippen molar-refractivity contribution >= 4 is 35.0 Å². The van der Waals surface area contributed by atoms with Gasteiger partial charge in [-0.05, 0) is 41.8 Å². The molecule has 1 aromatic heterocycles. The van der Waals surface area contributed by atoms with E-state index in [1.807, 2.05) is 32.2 Å². The quantitative estimate of drug-likeness (QED) is 0.820. The van der Waals surface area contributed by atoms with Crippen molar-refractivity contribution in [1.29, 1.82) is 0 Å². The first kappa shape index (κ1) is 16.0. The molecule has 114 valence electrons. The molecule has 2 rings (SSSR count). The van der Waals surface area contributed by atoms with Gasteiger partial charge >= 0.3 is 0 Å². The average Bonchev–Trinajstić information content (AvgIpc) is 2.54. The van der Waals surface area contributed by atoms with E-state index in [0.717, 1.165) is 23.2 Å². The highest BCUT2D eigenvalue weighted by atomic mass is 35.5. The molecule has 2 aromatic rings. The van der Waals surface area contributed by atoms with Crippen molar-refractivity contribution in [3.8, 4) is 0 Å². The lowest BCUT2D eigenvalue weighted by Gasteiger charge is -2.13. The normalized spacial score (nSPS) is 10.7. The molecule has 0 aliphatic heterocycles. The predicted octanol–water partition coefficient (Wildman–Crippen LogP) is 3.99. The van der Waals surface area contributed by atoms with Crippen LogP contribution < -0.4 is 10.6 Å². The van der Waals surface area contributed by atoms with Crippen LogP contribution in [0.3, 0.4) is 0 Å². The van der Waals surface area contributed by atoms with Crippen LogP contribution in [0.5, 0.6) is 0 Å². The smallest absolute Gasteiger partial charge is 0.248 e. The summed E-state index contributed by atoms with van der Waals surface area (Å²) in [6, 6.07) is 7.41. The van der Waals surface area contributed by atoms with Crippen molar-refractivity contribution in [3.05, 3.63) is 58.9 Å². The van der Waals surface area contributed by atoms with Gasteiger partial charge < -0.3 is 10.6 Å². The topological polar surface area (TPSA) is 54.0 Å². The number of hydrogen-bond acceptors (Lipinski definition) is 3. The Morgan fingerprint density at radius 3 is 2.82 bits per heavy atom. The highest BCUT2D eigenvalue weighted by Crippen LogP contribution is 2.29. The molecule has 0 saturated heterocycles. The number of anilines is 2. The van der Waals surface area contributed by atoms with Gasteiger partial charge in [0.2, 0.25) is 5.91 Å². The number of pyridine rings is 1. The van der Waals surface area contributed by atoms with Gasteiger partial charge in [-0.2, -0.15) is 0 Å². The molecule has 0 saturated carbocycles. The molecule has 1 heterocycles. The maximum atomic E-state index is 12.0. The van der Waals surface area contributed by atoms with E-state index in [1.54, 1.807) is 24.5 Å². The number of halogens is 1. The number of nitrogens with zero attached hydrogens (tertiary/aromatic N) is 1. The van der Waals surface area contributed by atoms with Crippen LogP contribution in [0.2, 0.25) is 5.02 Å². The zero-order valence-electron chi connectivity index (χ0n) is 12.6. The summed E-state index contributed by atoms with van der Waals surface area (Å²) < 4.78 is 0. The van der Waals surface area contributed by atoms with E-state index in [9.17, 15) is 4.79 Å². The van der Waals surface area contributed by atoms with E-state index < -0.39 is 0 Å². The first-order chi connectivity index (χ1) is 10.6. The van der Waals surface area contributed by atoms with Crippen LogP contribution in [0.1, 0.15) is 18.1 Å². The summed E-state index contributed by atoms with van der Waals surface area (Å²) >= 11 is 6.21. The van der Waals surface area contributed by atoms with Crippen molar-refractivity contribution in [1.82, 2.24) is 4.98 Å². The predicted molar refractivity (Wildman–Crippen MR) is 92.3 cm³/mol. The summed E-state index contributed by atoms with van der Waals surface area (Å²) in [6.45, 7) is 2.04. The van der Waals surface area contributed by atoms with Crippen molar-refractivity contribution < 1.29 is 4.79 Å². The summed E-state index contributed by atoms with van der Waals surface area (Å²) in [6.07, 6.45) is 7.40. The van der Waals surface area contributed by atoms with Crippen molar-refractivity contribution in [2.45, 2.75) is 13.3 Å². The van der Waals surface area contributed by atoms with Crippen LogP contribution >= 0.6 is 11.6 Å². The number of aromatic nitrogens is 1. The third-order valence-electron chi connectivity index (χ3n) is 3.21. The Bertz CT molecular complexity index is 684. The molecule has 0 fully saturated rings. The van der Waals surface area contributed by atoms with Gasteiger partial charge in [-0.3, -0.25) is 9.78 Å². The Labute approximate surface area is 135 Å². The minimum Gasteiger partial charge on any atom is -0.386 e. The second-order valence-corrected chi connectivity index (χ2v) is 5.11. The maximum absolute atomic E-state index is 12.0. The second kappa shape index (κ2) is 7.61. The Morgan fingerprint density at radius 2 is 2.18 bits per heavy atom. The van der Waals surface area contributed by atoms with Gasteiger partial charge in [0.15, 0.2) is 0 Å². The van der Waals surface area contributed by atoms with Crippen LogP contribution in [0.15, 0.2) is 42.7 Å². The van der Waals surface area contributed by atoms with E-state index in [-0.39, 0.29) is 5.91 Å². The average molecular weight is 316 g/mol. The molecule has 0 atom stereocenters. The summed E-state index contributed by atoms with van der Waals surface area (Å²) in [5.74, 6) is -0.222. The fourth-order valence-electron chi connectivity index (χ4n) is 2.02. The zero-order chi connectivity index (χ0) is 15.9. The van der Waals surface area contributed by atoms with E-state index in [0.29, 0.717) is 10.7 Å². The molecule has 5 heteroatoms. The third kappa shape index (κ3) is 4.09. The molecule has 4 nitrogen and oxygen atoms in total. The van der Waals surface area contributed by atoms with Gasteiger partial charge in [0.05, 0.1) is 11.4 Å². The molecule has 2 N–H and O–H groups in total. The molecule has 1 amide bonds. The van der Waals surface area contributed by atoms with E-state index in [2.05, 4.69) is 15.6 Å². The molecule has 0 spiro atoms. The minimum absolute atomic E-state index is 0.222. The van der Waals surface area contributed by atoms with Gasteiger partial charge in [-0.25, -0.2) is 0 Å². The van der Waals surface area contributed by atoms with Crippen LogP contribution in [0.4, 0.5) is 11.4 Å². The fourth-order valence-corrected chi connectivity index (χ4v) is 2.32. The van der Waals surface area contributed by atoms with Gasteiger partial charge in [0.25, 0.3) is 0 Å². The molecule has 0 aliphatic carbocycles. The van der Waals surface area contributed by atoms with Gasteiger partial charge in [0, 0.05) is 30.5 Å². The van der Waals surface area contributed by atoms with Gasteiger partial charge in [-0.15, -0.1) is 0 Å². The number of rotatable bonds is 5. The molecule has 0 unspecified atom stereocenters. The lowest BCUT2D eigenvalue weighted by atomic mass is 10.1. The van der Waals surface area contributed by atoms with Crippen LogP contribution in [-0.2, 0) is 11.2 Å². The molecule has 0 radical (unpaired) electrons. The first-order valence-corrected chi connectivity index (χ1v) is 7.41. The SMILES string of the molecule is CCc1cc(NC)c(NC(=O)/C=C/c2cccnc2)cc1Cl. The number of benzene rings is 1. The second-order valence-electron chi connectivity index (χ2n) is 4.70. The molecule has 0 bridgehead atoms. The fraction of sp³-hybridized carbons (Fsp3) is 0.176. The van der Waals surface area contributed by atoms with Crippen molar-refractivity contribution in [2.75, 3.05) is 17.7 Å². The largest absolute Gasteiger partial charge is 0.386 e. The highest BCUT2D eigenvalue weighted by molar-refractivity contribution is 6.32. The monoisotopic (exact) mass is 315 g/mol. The summed E-state index contributed by atoms with van der Waals surface area (Å²) in [4.78, 5) is 16.0. The van der Waals surface area contributed by atoms with Crippen molar-refractivity contribution in [2.24, 2.45) is 0 Å². The number of carbonyl (C=O) groups is 1. The Morgan fingerprint density at radius 1 is 1.36 bits per heavy atom. The Kier molecular flexibility index (Phi) is 5.55. The number of nitrogens with one attached hydrogen (secondary N) is 2. The van der Waals surface area contributed by atoms with Crippen LogP contribution in [-0.4, -0.2) is 17.9 Å². The molecule has 22 heavy (non-hydrogen) atoms. The first-order valence-electron chi connectivity index (χ1n) is 7.03. The maximum Gasteiger partial charge on any atom is 0.248 e. The van der Waals surface area contributed by atoms with E-state index >= 15 is 0 Å². The minimum atomic E-state index is -0.222. The molecule has 0 aliphatic rings. The van der Waals surface area contributed by atoms with Gasteiger partial charge in [-0.1, -0.05) is 24.6 Å². The van der Waals surface area contributed by atoms with Crippen LogP contribution in [0, 0.1) is 0 Å².